The van der Waals surface area contributed by atoms with Crippen LogP contribution in [0.3, 0.4) is 0 Å². The molecule has 2 nitrogen and oxygen atoms in total. The van der Waals surface area contributed by atoms with Gasteiger partial charge in [0.25, 0.3) is 0 Å². The smallest absolute Gasteiger partial charge is 0.221 e. The van der Waals surface area contributed by atoms with Gasteiger partial charge in [-0.25, -0.2) is 0 Å². The van der Waals surface area contributed by atoms with Crippen LogP contribution in [0.15, 0.2) is 28.7 Å². The summed E-state index contributed by atoms with van der Waals surface area (Å²) in [4.78, 5) is 11.3. The molecule has 1 aromatic rings. The third-order valence-corrected chi connectivity index (χ3v) is 2.70. The Bertz CT molecular complexity index is 381. The summed E-state index contributed by atoms with van der Waals surface area (Å²) in [5.41, 5.74) is 1.06. The maximum Gasteiger partial charge on any atom is 0.221 e. The summed E-state index contributed by atoms with van der Waals surface area (Å²) >= 11 is 3.42. The van der Waals surface area contributed by atoms with E-state index in [0.29, 0.717) is 19.4 Å². The molecule has 0 heterocycles. The Morgan fingerprint density at radius 2 is 2.20 bits per heavy atom. The molecule has 0 aliphatic carbocycles. The highest BCUT2D eigenvalue weighted by molar-refractivity contribution is 9.10. The SMILES string of the molecule is C#CCCC(=O)NCc1ccccc1Br. The van der Waals surface area contributed by atoms with Crippen molar-refractivity contribution in [3.63, 3.8) is 0 Å². The minimum atomic E-state index is -0.0105. The number of rotatable bonds is 4. The van der Waals surface area contributed by atoms with Crippen LogP contribution in [-0.4, -0.2) is 5.91 Å². The molecule has 15 heavy (non-hydrogen) atoms. The number of carbonyl (C=O) groups excluding carboxylic acids is 1. The first-order valence-electron chi connectivity index (χ1n) is 4.67. The highest BCUT2D eigenvalue weighted by atomic mass is 79.9. The summed E-state index contributed by atoms with van der Waals surface area (Å²) in [5, 5.41) is 2.81. The quantitative estimate of drug-likeness (QED) is 0.833. The molecular weight excluding hydrogens is 254 g/mol. The molecular formula is C12H12BrNO. The second kappa shape index (κ2) is 6.26. The summed E-state index contributed by atoms with van der Waals surface area (Å²) in [6.45, 7) is 0.533. The van der Waals surface area contributed by atoms with E-state index >= 15 is 0 Å². The van der Waals surface area contributed by atoms with E-state index in [1.807, 2.05) is 24.3 Å². The van der Waals surface area contributed by atoms with Crippen molar-refractivity contribution in [3.8, 4) is 12.3 Å². The van der Waals surface area contributed by atoms with Gasteiger partial charge in [-0.15, -0.1) is 12.3 Å². The molecule has 0 aliphatic heterocycles. The monoisotopic (exact) mass is 265 g/mol. The predicted octanol–water partition coefficient (Wildman–Crippen LogP) is 2.48. The van der Waals surface area contributed by atoms with Gasteiger partial charge >= 0.3 is 0 Å². The molecule has 0 bridgehead atoms. The highest BCUT2D eigenvalue weighted by Gasteiger charge is 2.01. The molecule has 0 aromatic heterocycles. The zero-order chi connectivity index (χ0) is 11.1. The molecule has 1 aromatic carbocycles. The van der Waals surface area contributed by atoms with Crippen molar-refractivity contribution in [3.05, 3.63) is 34.3 Å². The lowest BCUT2D eigenvalue weighted by molar-refractivity contribution is -0.121. The van der Waals surface area contributed by atoms with Gasteiger partial charge in [-0.2, -0.15) is 0 Å². The minimum absolute atomic E-state index is 0.0105. The van der Waals surface area contributed by atoms with Gasteiger partial charge in [0.15, 0.2) is 0 Å². The van der Waals surface area contributed by atoms with Gasteiger partial charge in [0.1, 0.15) is 0 Å². The fourth-order valence-corrected chi connectivity index (χ4v) is 1.53. The van der Waals surface area contributed by atoms with Gasteiger partial charge in [0.05, 0.1) is 0 Å². The van der Waals surface area contributed by atoms with Crippen LogP contribution >= 0.6 is 15.9 Å². The number of terminal acetylenes is 1. The van der Waals surface area contributed by atoms with Crippen molar-refractivity contribution in [1.29, 1.82) is 0 Å². The zero-order valence-corrected chi connectivity index (χ0v) is 9.88. The lowest BCUT2D eigenvalue weighted by Crippen LogP contribution is -2.22. The molecule has 1 N–H and O–H groups in total. The van der Waals surface area contributed by atoms with Gasteiger partial charge < -0.3 is 5.32 Å². The zero-order valence-electron chi connectivity index (χ0n) is 8.29. The first-order valence-corrected chi connectivity index (χ1v) is 5.47. The van der Waals surface area contributed by atoms with E-state index in [2.05, 4.69) is 27.2 Å². The van der Waals surface area contributed by atoms with Crippen molar-refractivity contribution in [2.24, 2.45) is 0 Å². The average Bonchev–Trinajstić information content (AvgIpc) is 2.25. The van der Waals surface area contributed by atoms with Crippen LogP contribution in [-0.2, 0) is 11.3 Å². The molecule has 0 atom stereocenters. The second-order valence-corrected chi connectivity index (χ2v) is 3.93. The van der Waals surface area contributed by atoms with Crippen LogP contribution < -0.4 is 5.32 Å². The maximum atomic E-state index is 11.3. The molecule has 0 saturated carbocycles. The van der Waals surface area contributed by atoms with Crippen molar-refractivity contribution < 1.29 is 4.79 Å². The van der Waals surface area contributed by atoms with Gasteiger partial charge in [-0.1, -0.05) is 34.1 Å². The number of amides is 1. The van der Waals surface area contributed by atoms with Crippen molar-refractivity contribution in [2.75, 3.05) is 0 Å². The van der Waals surface area contributed by atoms with E-state index in [-0.39, 0.29) is 5.91 Å². The molecule has 0 saturated heterocycles. The molecule has 0 aliphatic rings. The van der Waals surface area contributed by atoms with Crippen LogP contribution in [0.1, 0.15) is 18.4 Å². The summed E-state index contributed by atoms with van der Waals surface area (Å²) < 4.78 is 1.00. The number of carbonyl (C=O) groups is 1. The van der Waals surface area contributed by atoms with Crippen molar-refractivity contribution in [2.45, 2.75) is 19.4 Å². The number of hydrogen-bond acceptors (Lipinski definition) is 1. The molecule has 0 spiro atoms. The first kappa shape index (κ1) is 11.8. The first-order chi connectivity index (χ1) is 7.24. The van der Waals surface area contributed by atoms with Crippen LogP contribution in [0.4, 0.5) is 0 Å². The van der Waals surface area contributed by atoms with Gasteiger partial charge in [0.2, 0.25) is 5.91 Å². The Balaban J connectivity index is 2.41. The Hall–Kier alpha value is -1.27. The van der Waals surface area contributed by atoms with Crippen LogP contribution in [0.25, 0.3) is 0 Å². The lowest BCUT2D eigenvalue weighted by Gasteiger charge is -2.05. The summed E-state index contributed by atoms with van der Waals surface area (Å²) in [6, 6.07) is 7.79. The molecule has 3 heteroatoms. The normalized spacial score (nSPS) is 9.33. The Morgan fingerprint density at radius 1 is 1.47 bits per heavy atom. The largest absolute Gasteiger partial charge is 0.352 e. The fourth-order valence-electron chi connectivity index (χ4n) is 1.11. The number of nitrogens with one attached hydrogen (secondary N) is 1. The van der Waals surface area contributed by atoms with Crippen molar-refractivity contribution >= 4 is 21.8 Å². The lowest BCUT2D eigenvalue weighted by atomic mass is 10.2. The van der Waals surface area contributed by atoms with Gasteiger partial charge in [-0.05, 0) is 11.6 Å². The fraction of sp³-hybridized carbons (Fsp3) is 0.250. The molecule has 0 fully saturated rings. The van der Waals surface area contributed by atoms with Crippen LogP contribution in [0, 0.1) is 12.3 Å². The maximum absolute atomic E-state index is 11.3. The summed E-state index contributed by atoms with van der Waals surface area (Å²) in [6.07, 6.45) is 5.95. The predicted molar refractivity (Wildman–Crippen MR) is 64.1 cm³/mol. The molecule has 0 radical (unpaired) electrons. The molecule has 0 unspecified atom stereocenters. The molecule has 1 amide bonds. The van der Waals surface area contributed by atoms with E-state index in [0.717, 1.165) is 10.0 Å². The standard InChI is InChI=1S/C12H12BrNO/c1-2-3-8-12(15)14-9-10-6-4-5-7-11(10)13/h1,4-7H,3,8-9H2,(H,14,15). The van der Waals surface area contributed by atoms with E-state index in [9.17, 15) is 4.79 Å². The van der Waals surface area contributed by atoms with Crippen LogP contribution in [0.5, 0.6) is 0 Å². The number of benzene rings is 1. The van der Waals surface area contributed by atoms with E-state index < -0.39 is 0 Å². The third-order valence-electron chi connectivity index (χ3n) is 1.93. The van der Waals surface area contributed by atoms with Gasteiger partial charge in [-0.3, -0.25) is 4.79 Å². The van der Waals surface area contributed by atoms with Crippen molar-refractivity contribution in [1.82, 2.24) is 5.32 Å². The van der Waals surface area contributed by atoms with E-state index in [4.69, 9.17) is 6.42 Å². The van der Waals surface area contributed by atoms with Crippen LogP contribution in [0.2, 0.25) is 0 Å². The summed E-state index contributed by atoms with van der Waals surface area (Å²) in [7, 11) is 0. The average molecular weight is 266 g/mol. The van der Waals surface area contributed by atoms with E-state index in [1.54, 1.807) is 0 Å². The van der Waals surface area contributed by atoms with E-state index in [1.165, 1.54) is 0 Å². The minimum Gasteiger partial charge on any atom is -0.352 e. The topological polar surface area (TPSA) is 29.1 Å². The summed E-state index contributed by atoms with van der Waals surface area (Å²) in [5.74, 6) is 2.43. The van der Waals surface area contributed by atoms with Gasteiger partial charge in [0, 0.05) is 23.9 Å². The Kier molecular flexibility index (Phi) is 4.92. The third kappa shape index (κ3) is 4.18. The number of hydrogen-bond donors (Lipinski definition) is 1. The number of halogens is 1. The highest BCUT2D eigenvalue weighted by Crippen LogP contribution is 2.15. The Labute approximate surface area is 98.2 Å². The molecule has 1 rings (SSSR count). The molecule has 78 valence electrons. The second-order valence-electron chi connectivity index (χ2n) is 3.07. The Morgan fingerprint density at radius 3 is 2.87 bits per heavy atom.